The molecule has 0 saturated carbocycles. The summed E-state index contributed by atoms with van der Waals surface area (Å²) in [4.78, 5) is 14.3. The van der Waals surface area contributed by atoms with Crippen LogP contribution in [0.2, 0.25) is 0 Å². The van der Waals surface area contributed by atoms with Gasteiger partial charge in [-0.25, -0.2) is 0 Å². The quantitative estimate of drug-likeness (QED) is 0.400. The third-order valence-corrected chi connectivity index (χ3v) is 2.83. The zero-order valence-corrected chi connectivity index (χ0v) is 7.95. The Morgan fingerprint density at radius 2 is 2.46 bits per heavy atom. The summed E-state index contributed by atoms with van der Waals surface area (Å²) in [5, 5.41) is 6.30. The van der Waals surface area contributed by atoms with Crippen LogP contribution in [0.25, 0.3) is 10.4 Å². The van der Waals surface area contributed by atoms with Crippen LogP contribution < -0.4 is 5.32 Å². The Morgan fingerprint density at radius 1 is 1.77 bits per heavy atom. The number of nitrogens with zero attached hydrogens (tertiary/aromatic N) is 3. The van der Waals surface area contributed by atoms with E-state index in [-0.39, 0.29) is 18.4 Å². The lowest BCUT2D eigenvalue weighted by Crippen LogP contribution is -2.38. The van der Waals surface area contributed by atoms with Crippen LogP contribution in [-0.2, 0) is 4.79 Å². The molecule has 1 aliphatic heterocycles. The van der Waals surface area contributed by atoms with E-state index in [4.69, 9.17) is 5.53 Å². The Kier molecular flexibility index (Phi) is 2.78. The maximum atomic E-state index is 11.5. The predicted molar refractivity (Wildman–Crippen MR) is 48.9 cm³/mol. The van der Waals surface area contributed by atoms with E-state index in [1.807, 2.05) is 13.8 Å². The van der Waals surface area contributed by atoms with Crippen LogP contribution in [0.4, 0.5) is 0 Å². The highest BCUT2D eigenvalue weighted by Gasteiger charge is 2.44. The van der Waals surface area contributed by atoms with Crippen molar-refractivity contribution in [2.45, 2.75) is 20.3 Å². The van der Waals surface area contributed by atoms with Crippen molar-refractivity contribution in [2.75, 3.05) is 13.1 Å². The first-order chi connectivity index (χ1) is 6.13. The lowest BCUT2D eigenvalue weighted by Gasteiger charge is -2.28. The van der Waals surface area contributed by atoms with Crippen LogP contribution in [0.5, 0.6) is 0 Å². The van der Waals surface area contributed by atoms with Gasteiger partial charge in [0.15, 0.2) is 0 Å². The highest BCUT2D eigenvalue weighted by molar-refractivity contribution is 5.85. The largest absolute Gasteiger partial charge is 0.356 e. The second-order valence-electron chi connectivity index (χ2n) is 3.71. The first-order valence-electron chi connectivity index (χ1n) is 4.42. The van der Waals surface area contributed by atoms with Gasteiger partial charge in [-0.05, 0) is 17.9 Å². The van der Waals surface area contributed by atoms with Crippen molar-refractivity contribution in [3.05, 3.63) is 10.4 Å². The zero-order chi connectivity index (χ0) is 9.90. The summed E-state index contributed by atoms with van der Waals surface area (Å²) in [6.07, 6.45) is 0.766. The molecule has 0 unspecified atom stereocenters. The molecule has 0 aromatic rings. The minimum atomic E-state index is -0.466. The van der Waals surface area contributed by atoms with Crippen LogP contribution in [0, 0.1) is 11.3 Å². The van der Waals surface area contributed by atoms with E-state index in [0.29, 0.717) is 6.54 Å². The van der Waals surface area contributed by atoms with Crippen molar-refractivity contribution >= 4 is 5.91 Å². The topological polar surface area (TPSA) is 77.9 Å². The molecule has 1 heterocycles. The van der Waals surface area contributed by atoms with E-state index in [2.05, 4.69) is 15.3 Å². The molecule has 0 bridgehead atoms. The second kappa shape index (κ2) is 3.66. The summed E-state index contributed by atoms with van der Waals surface area (Å²) in [5.41, 5.74) is 7.77. The average molecular weight is 182 g/mol. The third-order valence-electron chi connectivity index (χ3n) is 2.83. The molecular formula is C8H14N4O. The number of hydrogen-bond acceptors (Lipinski definition) is 2. The van der Waals surface area contributed by atoms with Crippen LogP contribution >= 0.6 is 0 Å². The normalized spacial score (nSPS) is 27.2. The molecule has 1 N–H and O–H groups in total. The smallest absolute Gasteiger partial charge is 0.226 e. The molecule has 1 saturated heterocycles. The predicted octanol–water partition coefficient (Wildman–Crippen LogP) is 1.46. The minimum absolute atomic E-state index is 0.0231. The van der Waals surface area contributed by atoms with Gasteiger partial charge >= 0.3 is 0 Å². The molecule has 0 radical (unpaired) electrons. The van der Waals surface area contributed by atoms with Gasteiger partial charge in [-0.3, -0.25) is 4.79 Å². The Morgan fingerprint density at radius 3 is 2.85 bits per heavy atom. The van der Waals surface area contributed by atoms with E-state index in [9.17, 15) is 4.79 Å². The monoisotopic (exact) mass is 182 g/mol. The molecule has 1 fully saturated rings. The number of carbonyl (C=O) groups excluding carboxylic acids is 1. The Bertz CT molecular complexity index is 257. The Balaban J connectivity index is 2.86. The maximum Gasteiger partial charge on any atom is 0.226 e. The molecule has 1 amide bonds. The fourth-order valence-electron chi connectivity index (χ4n) is 1.73. The van der Waals surface area contributed by atoms with Gasteiger partial charge < -0.3 is 5.32 Å². The number of hydrogen-bond donors (Lipinski definition) is 1. The van der Waals surface area contributed by atoms with E-state index in [1.54, 1.807) is 0 Å². The summed E-state index contributed by atoms with van der Waals surface area (Å²) in [7, 11) is 0. The molecule has 0 aromatic carbocycles. The van der Waals surface area contributed by atoms with Crippen molar-refractivity contribution in [2.24, 2.45) is 16.4 Å². The minimum Gasteiger partial charge on any atom is -0.356 e. The van der Waals surface area contributed by atoms with Gasteiger partial charge in [0, 0.05) is 18.0 Å². The van der Waals surface area contributed by atoms with Crippen molar-refractivity contribution in [3.8, 4) is 0 Å². The SMILES string of the molecule is CC(C)[C@]1(CN=[N+]=[N-])CCNC1=O. The summed E-state index contributed by atoms with van der Waals surface area (Å²) >= 11 is 0. The number of nitrogens with one attached hydrogen (secondary N) is 1. The molecule has 0 aliphatic carbocycles. The molecule has 0 spiro atoms. The lowest BCUT2D eigenvalue weighted by atomic mass is 9.76. The van der Waals surface area contributed by atoms with Crippen molar-refractivity contribution < 1.29 is 4.79 Å². The van der Waals surface area contributed by atoms with Crippen LogP contribution in [0.15, 0.2) is 5.11 Å². The van der Waals surface area contributed by atoms with Crippen molar-refractivity contribution in [1.29, 1.82) is 0 Å². The fourth-order valence-corrected chi connectivity index (χ4v) is 1.73. The first-order valence-corrected chi connectivity index (χ1v) is 4.42. The van der Waals surface area contributed by atoms with Gasteiger partial charge in [0.1, 0.15) is 0 Å². The average Bonchev–Trinajstić information content (AvgIpc) is 2.45. The van der Waals surface area contributed by atoms with Crippen LogP contribution in [-0.4, -0.2) is 19.0 Å². The van der Waals surface area contributed by atoms with Gasteiger partial charge in [-0.15, -0.1) is 0 Å². The first kappa shape index (κ1) is 9.86. The molecule has 13 heavy (non-hydrogen) atoms. The summed E-state index contributed by atoms with van der Waals surface area (Å²) in [6.45, 7) is 4.93. The van der Waals surface area contributed by atoms with Crippen LogP contribution in [0.3, 0.4) is 0 Å². The Hall–Kier alpha value is -1.22. The van der Waals surface area contributed by atoms with Gasteiger partial charge in [0.25, 0.3) is 0 Å². The standard InChI is InChI=1S/C8H14N4O/c1-6(2)8(5-11-12-9)3-4-10-7(8)13/h6H,3-5H2,1-2H3,(H,10,13)/t8-/m1/s1. The number of carbonyl (C=O) groups is 1. The fraction of sp³-hybridized carbons (Fsp3) is 0.875. The molecular weight excluding hydrogens is 168 g/mol. The molecule has 1 rings (SSSR count). The zero-order valence-electron chi connectivity index (χ0n) is 7.95. The molecule has 72 valence electrons. The van der Waals surface area contributed by atoms with Crippen molar-refractivity contribution in [1.82, 2.24) is 5.32 Å². The van der Waals surface area contributed by atoms with Crippen molar-refractivity contribution in [3.63, 3.8) is 0 Å². The number of azide groups is 1. The molecule has 1 aliphatic rings. The second-order valence-corrected chi connectivity index (χ2v) is 3.71. The lowest BCUT2D eigenvalue weighted by molar-refractivity contribution is -0.129. The van der Waals surface area contributed by atoms with E-state index in [0.717, 1.165) is 6.42 Å². The summed E-state index contributed by atoms with van der Waals surface area (Å²) < 4.78 is 0. The molecule has 5 heteroatoms. The summed E-state index contributed by atoms with van der Waals surface area (Å²) in [5.74, 6) is 0.232. The molecule has 5 nitrogen and oxygen atoms in total. The highest BCUT2D eigenvalue weighted by Crippen LogP contribution is 2.35. The molecule has 0 aromatic heterocycles. The highest BCUT2D eigenvalue weighted by atomic mass is 16.2. The third kappa shape index (κ3) is 1.60. The van der Waals surface area contributed by atoms with Gasteiger partial charge in [0.05, 0.1) is 5.41 Å². The number of amides is 1. The van der Waals surface area contributed by atoms with Crippen LogP contribution in [0.1, 0.15) is 20.3 Å². The maximum absolute atomic E-state index is 11.5. The Labute approximate surface area is 77.1 Å². The number of rotatable bonds is 3. The van der Waals surface area contributed by atoms with Gasteiger partial charge in [-0.1, -0.05) is 19.0 Å². The van der Waals surface area contributed by atoms with E-state index < -0.39 is 5.41 Å². The molecule has 1 atom stereocenters. The van der Waals surface area contributed by atoms with E-state index in [1.165, 1.54) is 0 Å². The van der Waals surface area contributed by atoms with Gasteiger partial charge in [-0.2, -0.15) is 0 Å². The summed E-state index contributed by atoms with van der Waals surface area (Å²) in [6, 6.07) is 0. The van der Waals surface area contributed by atoms with Gasteiger partial charge in [0.2, 0.25) is 5.91 Å². The van der Waals surface area contributed by atoms with E-state index >= 15 is 0 Å².